The average molecular weight is 335 g/mol. The van der Waals surface area contributed by atoms with Crippen LogP contribution in [0.5, 0.6) is 0 Å². The molecule has 0 spiro atoms. The van der Waals surface area contributed by atoms with Crippen LogP contribution in [0.3, 0.4) is 0 Å². The minimum absolute atomic E-state index is 0.631. The minimum Gasteiger partial charge on any atom is -0.411 e. The van der Waals surface area contributed by atoms with Gasteiger partial charge in [-0.25, -0.2) is 0 Å². The summed E-state index contributed by atoms with van der Waals surface area (Å²) in [5.41, 5.74) is 5.31. The first-order valence-corrected chi connectivity index (χ1v) is 9.00. The molecular weight excluding hydrogens is 310 g/mol. The number of oxime groups is 1. The minimum atomic E-state index is 0.631. The molecule has 2 aliphatic heterocycles. The van der Waals surface area contributed by atoms with Gasteiger partial charge in [0.25, 0.3) is 0 Å². The highest BCUT2D eigenvalue weighted by Crippen LogP contribution is 2.35. The molecule has 0 radical (unpaired) electrons. The zero-order valence-electron chi connectivity index (χ0n) is 14.9. The first-order valence-electron chi connectivity index (χ1n) is 9.00. The fourth-order valence-corrected chi connectivity index (χ4v) is 4.30. The van der Waals surface area contributed by atoms with E-state index in [0.717, 1.165) is 11.5 Å². The van der Waals surface area contributed by atoms with Gasteiger partial charge in [-0.2, -0.15) is 0 Å². The number of hydrogen-bond donors (Lipinski definition) is 1. The summed E-state index contributed by atoms with van der Waals surface area (Å²) in [5.74, 6) is 0.827. The second-order valence-electron chi connectivity index (χ2n) is 7.34. The molecule has 0 saturated carbocycles. The zero-order chi connectivity index (χ0) is 17.4. The summed E-state index contributed by atoms with van der Waals surface area (Å²) in [6, 6.07) is 17.8. The van der Waals surface area contributed by atoms with Crippen molar-refractivity contribution in [2.45, 2.75) is 19.4 Å². The van der Waals surface area contributed by atoms with Gasteiger partial charge in [-0.1, -0.05) is 41.6 Å². The van der Waals surface area contributed by atoms with Gasteiger partial charge >= 0.3 is 0 Å². The van der Waals surface area contributed by atoms with Crippen molar-refractivity contribution in [3.63, 3.8) is 0 Å². The van der Waals surface area contributed by atoms with E-state index in [1.54, 1.807) is 6.92 Å². The van der Waals surface area contributed by atoms with Crippen LogP contribution in [0.15, 0.2) is 53.7 Å². The highest BCUT2D eigenvalue weighted by Gasteiger charge is 2.39. The van der Waals surface area contributed by atoms with Gasteiger partial charge in [-0.3, -0.25) is 0 Å². The van der Waals surface area contributed by atoms with E-state index in [1.807, 2.05) is 12.1 Å². The SMILES string of the molecule is C/C(=N/O)c1ccc(-c2ccc(N3CC[C@@H]4CN(C)C[C@@H]43)cc2)cc1. The predicted octanol–water partition coefficient (Wildman–Crippen LogP) is 3.69. The summed E-state index contributed by atoms with van der Waals surface area (Å²) >= 11 is 0. The van der Waals surface area contributed by atoms with E-state index in [2.05, 4.69) is 58.4 Å². The Labute approximate surface area is 149 Å². The molecule has 4 nitrogen and oxygen atoms in total. The lowest BCUT2D eigenvalue weighted by molar-refractivity contribution is 0.319. The monoisotopic (exact) mass is 335 g/mol. The molecule has 1 N–H and O–H groups in total. The Morgan fingerprint density at radius 3 is 2.28 bits per heavy atom. The lowest BCUT2D eigenvalue weighted by Gasteiger charge is -2.26. The van der Waals surface area contributed by atoms with Gasteiger partial charge in [0.2, 0.25) is 0 Å². The van der Waals surface area contributed by atoms with Crippen molar-refractivity contribution in [2.75, 3.05) is 31.6 Å². The molecule has 2 saturated heterocycles. The fourth-order valence-electron chi connectivity index (χ4n) is 4.30. The summed E-state index contributed by atoms with van der Waals surface area (Å²) < 4.78 is 0. The molecule has 0 bridgehead atoms. The molecular formula is C21H25N3O. The van der Waals surface area contributed by atoms with Crippen molar-refractivity contribution in [1.82, 2.24) is 4.90 Å². The second-order valence-corrected chi connectivity index (χ2v) is 7.34. The lowest BCUT2D eigenvalue weighted by Crippen LogP contribution is -2.34. The highest BCUT2D eigenvalue weighted by atomic mass is 16.4. The van der Waals surface area contributed by atoms with Crippen LogP contribution in [-0.2, 0) is 0 Å². The van der Waals surface area contributed by atoms with Crippen LogP contribution < -0.4 is 4.90 Å². The van der Waals surface area contributed by atoms with Gasteiger partial charge in [0, 0.05) is 31.4 Å². The molecule has 4 heteroatoms. The molecule has 2 atom stereocenters. The number of anilines is 1. The molecule has 25 heavy (non-hydrogen) atoms. The van der Waals surface area contributed by atoms with Crippen molar-refractivity contribution in [1.29, 1.82) is 0 Å². The maximum Gasteiger partial charge on any atom is 0.0836 e. The standard InChI is InChI=1S/C21H25N3O/c1-15(22-25)16-3-5-17(6-4-16)18-7-9-20(10-8-18)24-12-11-19-13-23(2)14-21(19)24/h3-10,19,21,25H,11-14H2,1-2H3/b22-15-/t19-,21+/m1/s1. The van der Waals surface area contributed by atoms with E-state index in [1.165, 1.54) is 42.9 Å². The molecule has 0 unspecified atom stereocenters. The van der Waals surface area contributed by atoms with Gasteiger partial charge in [-0.05, 0) is 55.1 Å². The number of rotatable bonds is 3. The van der Waals surface area contributed by atoms with Crippen LogP contribution in [0, 0.1) is 5.92 Å². The van der Waals surface area contributed by atoms with Gasteiger partial charge in [0.1, 0.15) is 0 Å². The number of fused-ring (bicyclic) bond motifs is 1. The molecule has 0 aliphatic carbocycles. The van der Waals surface area contributed by atoms with Crippen molar-refractivity contribution in [2.24, 2.45) is 11.1 Å². The van der Waals surface area contributed by atoms with Crippen molar-refractivity contribution >= 4 is 11.4 Å². The highest BCUT2D eigenvalue weighted by molar-refractivity contribution is 5.98. The van der Waals surface area contributed by atoms with E-state index >= 15 is 0 Å². The Bertz CT molecular complexity index is 767. The average Bonchev–Trinajstić information content (AvgIpc) is 3.20. The zero-order valence-corrected chi connectivity index (χ0v) is 14.9. The molecule has 4 rings (SSSR count). The Morgan fingerprint density at radius 2 is 1.64 bits per heavy atom. The fraction of sp³-hybridized carbons (Fsp3) is 0.381. The molecule has 2 aromatic carbocycles. The van der Waals surface area contributed by atoms with Crippen LogP contribution in [0.25, 0.3) is 11.1 Å². The Kier molecular flexibility index (Phi) is 4.22. The van der Waals surface area contributed by atoms with Crippen molar-refractivity contribution in [3.8, 4) is 11.1 Å². The summed E-state index contributed by atoms with van der Waals surface area (Å²) in [4.78, 5) is 5.04. The number of hydrogen-bond acceptors (Lipinski definition) is 4. The van der Waals surface area contributed by atoms with Crippen LogP contribution in [-0.4, -0.2) is 48.5 Å². The number of likely N-dealkylation sites (tertiary alicyclic amines) is 1. The summed E-state index contributed by atoms with van der Waals surface area (Å²) in [6.07, 6.45) is 1.31. The van der Waals surface area contributed by atoms with Crippen LogP contribution in [0.4, 0.5) is 5.69 Å². The molecule has 2 heterocycles. The van der Waals surface area contributed by atoms with Gasteiger partial charge in [0.05, 0.1) is 5.71 Å². The lowest BCUT2D eigenvalue weighted by atomic mass is 10.0. The molecule has 2 fully saturated rings. The topological polar surface area (TPSA) is 39.1 Å². The first kappa shape index (κ1) is 16.2. The Balaban J connectivity index is 1.52. The smallest absolute Gasteiger partial charge is 0.0836 e. The van der Waals surface area contributed by atoms with Crippen LogP contribution >= 0.6 is 0 Å². The molecule has 2 aromatic rings. The molecule has 0 amide bonds. The van der Waals surface area contributed by atoms with E-state index in [9.17, 15) is 0 Å². The third-order valence-corrected chi connectivity index (χ3v) is 5.72. The van der Waals surface area contributed by atoms with Crippen molar-refractivity contribution in [3.05, 3.63) is 54.1 Å². The van der Waals surface area contributed by atoms with E-state index in [-0.39, 0.29) is 0 Å². The largest absolute Gasteiger partial charge is 0.411 e. The third-order valence-electron chi connectivity index (χ3n) is 5.72. The van der Waals surface area contributed by atoms with Gasteiger partial charge in [0.15, 0.2) is 0 Å². The number of likely N-dealkylation sites (N-methyl/N-ethyl adjacent to an activating group) is 1. The number of benzene rings is 2. The van der Waals surface area contributed by atoms with Gasteiger partial charge in [-0.15, -0.1) is 0 Å². The van der Waals surface area contributed by atoms with E-state index in [0.29, 0.717) is 11.8 Å². The predicted molar refractivity (Wildman–Crippen MR) is 103 cm³/mol. The summed E-state index contributed by atoms with van der Waals surface area (Å²) in [6.45, 7) is 5.40. The Hall–Kier alpha value is -2.33. The number of nitrogens with zero attached hydrogens (tertiary/aromatic N) is 3. The maximum atomic E-state index is 8.87. The van der Waals surface area contributed by atoms with Gasteiger partial charge < -0.3 is 15.0 Å². The molecule has 2 aliphatic rings. The molecule has 0 aromatic heterocycles. The first-order chi connectivity index (χ1) is 12.2. The molecule has 130 valence electrons. The van der Waals surface area contributed by atoms with E-state index in [4.69, 9.17) is 5.21 Å². The summed E-state index contributed by atoms with van der Waals surface area (Å²) in [7, 11) is 2.23. The van der Waals surface area contributed by atoms with E-state index < -0.39 is 0 Å². The van der Waals surface area contributed by atoms with Crippen LogP contribution in [0.2, 0.25) is 0 Å². The maximum absolute atomic E-state index is 8.87. The normalized spacial score (nSPS) is 23.9. The Morgan fingerprint density at radius 1 is 1.00 bits per heavy atom. The summed E-state index contributed by atoms with van der Waals surface area (Å²) in [5, 5.41) is 12.1. The quantitative estimate of drug-likeness (QED) is 0.528. The third kappa shape index (κ3) is 3.02. The van der Waals surface area contributed by atoms with Crippen molar-refractivity contribution < 1.29 is 5.21 Å². The second kappa shape index (κ2) is 6.52. The van der Waals surface area contributed by atoms with Crippen LogP contribution in [0.1, 0.15) is 18.9 Å².